The van der Waals surface area contributed by atoms with Crippen LogP contribution in [0.3, 0.4) is 0 Å². The van der Waals surface area contributed by atoms with Crippen LogP contribution in [0.5, 0.6) is 0 Å². The van der Waals surface area contributed by atoms with Crippen molar-refractivity contribution in [2.75, 3.05) is 16.6 Å². The van der Waals surface area contributed by atoms with Crippen LogP contribution in [0.4, 0.5) is 5.69 Å². The normalized spacial score (nSPS) is 16.1. The predicted molar refractivity (Wildman–Crippen MR) is 109 cm³/mol. The molecule has 2 heterocycles. The predicted octanol–water partition coefficient (Wildman–Crippen LogP) is 1.89. The zero-order chi connectivity index (χ0) is 20.6. The van der Waals surface area contributed by atoms with E-state index in [2.05, 4.69) is 9.71 Å². The van der Waals surface area contributed by atoms with Crippen LogP contribution in [0, 0.1) is 0 Å². The molecule has 2 aromatic carbocycles. The van der Waals surface area contributed by atoms with Gasteiger partial charge in [0, 0.05) is 35.3 Å². The summed E-state index contributed by atoms with van der Waals surface area (Å²) >= 11 is 0. The quantitative estimate of drug-likeness (QED) is 0.675. The molecule has 1 saturated heterocycles. The van der Waals surface area contributed by atoms with Gasteiger partial charge in [-0.1, -0.05) is 18.2 Å². The summed E-state index contributed by atoms with van der Waals surface area (Å²) in [5.41, 5.74) is 0.388. The number of benzene rings is 2. The second-order valence-corrected chi connectivity index (χ2v) is 10.2. The number of hydrogen-bond acceptors (Lipinski definition) is 6. The molecule has 4 rings (SSSR count). The third-order valence-electron chi connectivity index (χ3n) is 4.65. The number of pyridine rings is 1. The molecule has 0 radical (unpaired) electrons. The molecule has 1 fully saturated rings. The van der Waals surface area contributed by atoms with Gasteiger partial charge in [-0.15, -0.1) is 0 Å². The van der Waals surface area contributed by atoms with Gasteiger partial charge in [-0.05, 0) is 36.8 Å². The van der Waals surface area contributed by atoms with Gasteiger partial charge in [0.05, 0.1) is 16.3 Å². The van der Waals surface area contributed by atoms with Crippen molar-refractivity contribution in [3.05, 3.63) is 66.5 Å². The fourth-order valence-electron chi connectivity index (χ4n) is 3.29. The lowest BCUT2D eigenvalue weighted by molar-refractivity contribution is 0.0981. The van der Waals surface area contributed by atoms with E-state index in [1.807, 2.05) is 0 Å². The molecule has 1 N–H and O–H groups in total. The molecule has 8 nitrogen and oxygen atoms in total. The number of sulfonamides is 2. The first kappa shape index (κ1) is 19.3. The summed E-state index contributed by atoms with van der Waals surface area (Å²) < 4.78 is 53.1. The Labute approximate surface area is 168 Å². The van der Waals surface area contributed by atoms with Crippen LogP contribution < -0.4 is 9.03 Å². The van der Waals surface area contributed by atoms with Gasteiger partial charge in [-0.25, -0.2) is 21.6 Å². The Bertz CT molecular complexity index is 1320. The lowest BCUT2D eigenvalue weighted by Crippen LogP contribution is -2.31. The smallest absolute Gasteiger partial charge is 0.265 e. The highest BCUT2D eigenvalue weighted by molar-refractivity contribution is 7.93. The molecule has 150 valence electrons. The van der Waals surface area contributed by atoms with E-state index in [0.29, 0.717) is 29.4 Å². The Morgan fingerprint density at radius 3 is 2.66 bits per heavy atom. The molecule has 0 unspecified atom stereocenters. The van der Waals surface area contributed by atoms with Gasteiger partial charge in [-0.2, -0.15) is 0 Å². The lowest BCUT2D eigenvalue weighted by atomic mass is 10.2. The fraction of sp³-hybridized carbons (Fsp3) is 0.158. The molecule has 0 atom stereocenters. The molecule has 0 aliphatic carbocycles. The first-order valence-electron chi connectivity index (χ1n) is 8.78. The molecule has 10 heteroatoms. The highest BCUT2D eigenvalue weighted by Crippen LogP contribution is 2.25. The molecule has 1 amide bonds. The zero-order valence-corrected chi connectivity index (χ0v) is 16.8. The number of nitrogens with one attached hydrogen (secondary N) is 1. The summed E-state index contributed by atoms with van der Waals surface area (Å²) in [6.45, 7) is 0.329. The maximum atomic E-state index is 12.8. The first-order valence-corrected chi connectivity index (χ1v) is 11.9. The molecule has 0 saturated carbocycles. The van der Waals surface area contributed by atoms with E-state index in [4.69, 9.17) is 0 Å². The van der Waals surface area contributed by atoms with Crippen molar-refractivity contribution in [3.63, 3.8) is 0 Å². The SMILES string of the molecule is O=C(NS(=O)(=O)c1cccc2cnccc12)c1cccc(N2CCCS2(=O)=O)c1. The Balaban J connectivity index is 1.65. The minimum absolute atomic E-state index is 0.0379. The number of fused-ring (bicyclic) bond motifs is 1. The van der Waals surface area contributed by atoms with Crippen LogP contribution in [-0.2, 0) is 20.0 Å². The summed E-state index contributed by atoms with van der Waals surface area (Å²) in [6, 6.07) is 12.2. The number of carbonyl (C=O) groups excluding carboxylic acids is 1. The number of hydrogen-bond donors (Lipinski definition) is 1. The Hall–Kier alpha value is -2.98. The van der Waals surface area contributed by atoms with Crippen molar-refractivity contribution in [1.29, 1.82) is 0 Å². The molecule has 1 aliphatic heterocycles. The molecule has 3 aromatic rings. The van der Waals surface area contributed by atoms with E-state index in [1.165, 1.54) is 41.0 Å². The maximum Gasteiger partial charge on any atom is 0.265 e. The molecule has 1 aliphatic rings. The van der Waals surface area contributed by atoms with Gasteiger partial charge in [0.1, 0.15) is 0 Å². The van der Waals surface area contributed by atoms with E-state index < -0.39 is 26.0 Å². The lowest BCUT2D eigenvalue weighted by Gasteiger charge is -2.17. The zero-order valence-electron chi connectivity index (χ0n) is 15.1. The minimum Gasteiger partial charge on any atom is -0.270 e. The van der Waals surface area contributed by atoms with Crippen molar-refractivity contribution >= 4 is 42.4 Å². The van der Waals surface area contributed by atoms with Crippen molar-refractivity contribution in [2.24, 2.45) is 0 Å². The Morgan fingerprint density at radius 1 is 1.10 bits per heavy atom. The van der Waals surface area contributed by atoms with Crippen molar-refractivity contribution in [3.8, 4) is 0 Å². The number of anilines is 1. The third-order valence-corrected chi connectivity index (χ3v) is 7.91. The second kappa shape index (κ2) is 7.12. The molecule has 1 aromatic heterocycles. The average Bonchev–Trinajstić information content (AvgIpc) is 3.06. The van der Waals surface area contributed by atoms with Gasteiger partial charge < -0.3 is 0 Å². The minimum atomic E-state index is -4.15. The first-order chi connectivity index (χ1) is 13.8. The molecule has 0 spiro atoms. The van der Waals surface area contributed by atoms with Gasteiger partial charge in [-0.3, -0.25) is 14.1 Å². The van der Waals surface area contributed by atoms with Crippen molar-refractivity contribution in [1.82, 2.24) is 9.71 Å². The number of aromatic nitrogens is 1. The van der Waals surface area contributed by atoms with Crippen molar-refractivity contribution in [2.45, 2.75) is 11.3 Å². The van der Waals surface area contributed by atoms with Gasteiger partial charge >= 0.3 is 0 Å². The average molecular weight is 431 g/mol. The highest BCUT2D eigenvalue weighted by Gasteiger charge is 2.29. The Morgan fingerprint density at radius 2 is 1.90 bits per heavy atom. The number of nitrogens with zero attached hydrogens (tertiary/aromatic N) is 2. The summed E-state index contributed by atoms with van der Waals surface area (Å²) in [5, 5.41) is 1.07. The molecular weight excluding hydrogens is 414 g/mol. The van der Waals surface area contributed by atoms with Crippen LogP contribution in [-0.4, -0.2) is 40.0 Å². The topological polar surface area (TPSA) is 114 Å². The largest absolute Gasteiger partial charge is 0.270 e. The Kier molecular flexibility index (Phi) is 4.75. The van der Waals surface area contributed by atoms with Crippen LogP contribution in [0.25, 0.3) is 10.8 Å². The summed E-state index contributed by atoms with van der Waals surface area (Å²) in [6.07, 6.45) is 3.52. The van der Waals surface area contributed by atoms with Crippen molar-refractivity contribution < 1.29 is 21.6 Å². The monoisotopic (exact) mass is 431 g/mol. The third kappa shape index (κ3) is 3.68. The number of amides is 1. The van der Waals surface area contributed by atoms with Gasteiger partial charge in [0.2, 0.25) is 10.0 Å². The number of rotatable bonds is 4. The van der Waals surface area contributed by atoms with Gasteiger partial charge in [0.15, 0.2) is 0 Å². The van der Waals surface area contributed by atoms with E-state index in [1.54, 1.807) is 24.3 Å². The van der Waals surface area contributed by atoms with E-state index >= 15 is 0 Å². The molecular formula is C19H17N3O5S2. The molecule has 29 heavy (non-hydrogen) atoms. The van der Waals surface area contributed by atoms with E-state index in [-0.39, 0.29) is 16.2 Å². The highest BCUT2D eigenvalue weighted by atomic mass is 32.2. The van der Waals surface area contributed by atoms with Crippen LogP contribution >= 0.6 is 0 Å². The maximum absolute atomic E-state index is 12.8. The standard InChI is InChI=1S/C19H17N3O5S2/c23-19(14-4-1-6-16(12-14)22-10-3-11-28(22,24)25)21-29(26,27)18-7-2-5-15-13-20-9-8-17(15)18/h1-2,4-9,12-13H,3,10-11H2,(H,21,23). The fourth-order valence-corrected chi connectivity index (χ4v) is 6.06. The van der Waals surface area contributed by atoms with E-state index in [9.17, 15) is 21.6 Å². The van der Waals surface area contributed by atoms with E-state index in [0.717, 1.165) is 0 Å². The summed E-state index contributed by atoms with van der Waals surface area (Å²) in [4.78, 5) is 16.6. The molecule has 0 bridgehead atoms. The summed E-state index contributed by atoms with van der Waals surface area (Å²) in [5.74, 6) is -0.789. The van der Waals surface area contributed by atoms with Crippen LogP contribution in [0.15, 0.2) is 65.8 Å². The van der Waals surface area contributed by atoms with Crippen LogP contribution in [0.2, 0.25) is 0 Å². The van der Waals surface area contributed by atoms with Crippen LogP contribution in [0.1, 0.15) is 16.8 Å². The second-order valence-electron chi connectivity index (χ2n) is 6.58. The van der Waals surface area contributed by atoms with Gasteiger partial charge in [0.25, 0.3) is 15.9 Å². The number of carbonyl (C=O) groups is 1. The summed E-state index contributed by atoms with van der Waals surface area (Å²) in [7, 11) is -7.56.